The summed E-state index contributed by atoms with van der Waals surface area (Å²) in [5.41, 5.74) is 0. The van der Waals surface area contributed by atoms with Crippen molar-refractivity contribution in [3.05, 3.63) is 18.5 Å². The molecule has 1 aromatic rings. The summed E-state index contributed by atoms with van der Waals surface area (Å²) in [5, 5.41) is 2.53. The van der Waals surface area contributed by atoms with Crippen molar-refractivity contribution in [1.29, 1.82) is 0 Å². The third kappa shape index (κ3) is 2.16. The van der Waals surface area contributed by atoms with Crippen molar-refractivity contribution in [1.82, 2.24) is 9.97 Å². The summed E-state index contributed by atoms with van der Waals surface area (Å²) < 4.78 is 26.4. The SMILES string of the molecule is FC(F)(CNc1ncccn1)C1CC1. The van der Waals surface area contributed by atoms with Gasteiger partial charge in [0.05, 0.1) is 6.54 Å². The zero-order chi connectivity index (χ0) is 10.0. The van der Waals surface area contributed by atoms with Gasteiger partial charge in [0, 0.05) is 18.3 Å². The van der Waals surface area contributed by atoms with Crippen LogP contribution in [0.2, 0.25) is 0 Å². The third-order valence-electron chi connectivity index (χ3n) is 2.22. The molecule has 2 rings (SSSR count). The van der Waals surface area contributed by atoms with Gasteiger partial charge in [-0.2, -0.15) is 0 Å². The van der Waals surface area contributed by atoms with Gasteiger partial charge in [0.1, 0.15) is 0 Å². The highest BCUT2D eigenvalue weighted by Gasteiger charge is 2.46. The van der Waals surface area contributed by atoms with Crippen LogP contribution < -0.4 is 5.32 Å². The summed E-state index contributed by atoms with van der Waals surface area (Å²) in [7, 11) is 0. The van der Waals surface area contributed by atoms with Crippen LogP contribution in [0.15, 0.2) is 18.5 Å². The van der Waals surface area contributed by atoms with E-state index in [1.54, 1.807) is 6.07 Å². The van der Waals surface area contributed by atoms with Gasteiger partial charge in [-0.3, -0.25) is 0 Å². The van der Waals surface area contributed by atoms with Crippen molar-refractivity contribution in [2.75, 3.05) is 11.9 Å². The van der Waals surface area contributed by atoms with Crippen molar-refractivity contribution < 1.29 is 8.78 Å². The second-order valence-corrected chi connectivity index (χ2v) is 3.46. The Morgan fingerprint density at radius 2 is 2.00 bits per heavy atom. The number of alkyl halides is 2. The largest absolute Gasteiger partial charge is 0.348 e. The third-order valence-corrected chi connectivity index (χ3v) is 2.22. The van der Waals surface area contributed by atoms with Crippen LogP contribution in [0.25, 0.3) is 0 Å². The fourth-order valence-electron chi connectivity index (χ4n) is 1.24. The van der Waals surface area contributed by atoms with Crippen molar-refractivity contribution >= 4 is 5.95 Å². The molecular weight excluding hydrogens is 188 g/mol. The first kappa shape index (κ1) is 9.30. The summed E-state index contributed by atoms with van der Waals surface area (Å²) in [6, 6.07) is 1.64. The Morgan fingerprint density at radius 1 is 1.36 bits per heavy atom. The van der Waals surface area contributed by atoms with Crippen molar-refractivity contribution in [3.8, 4) is 0 Å². The van der Waals surface area contributed by atoms with Crippen LogP contribution in [-0.2, 0) is 0 Å². The summed E-state index contributed by atoms with van der Waals surface area (Å²) >= 11 is 0. The Morgan fingerprint density at radius 3 is 2.57 bits per heavy atom. The minimum Gasteiger partial charge on any atom is -0.348 e. The first-order chi connectivity index (χ1) is 6.68. The normalized spacial score (nSPS) is 16.7. The lowest BCUT2D eigenvalue weighted by Crippen LogP contribution is -2.29. The molecule has 0 spiro atoms. The van der Waals surface area contributed by atoms with E-state index in [9.17, 15) is 8.78 Å². The number of hydrogen-bond donors (Lipinski definition) is 1. The standard InChI is InChI=1S/C9H11F2N3/c10-9(11,7-2-3-7)6-14-8-12-4-1-5-13-8/h1,4-5,7H,2-3,6H2,(H,12,13,14). The number of aromatic nitrogens is 2. The molecule has 76 valence electrons. The molecule has 0 unspecified atom stereocenters. The zero-order valence-electron chi connectivity index (χ0n) is 7.58. The van der Waals surface area contributed by atoms with E-state index in [0.29, 0.717) is 12.8 Å². The fraction of sp³-hybridized carbons (Fsp3) is 0.556. The molecule has 14 heavy (non-hydrogen) atoms. The van der Waals surface area contributed by atoms with Gasteiger partial charge in [0.15, 0.2) is 0 Å². The monoisotopic (exact) mass is 199 g/mol. The van der Waals surface area contributed by atoms with Gasteiger partial charge in [0.25, 0.3) is 5.92 Å². The zero-order valence-corrected chi connectivity index (χ0v) is 7.58. The summed E-state index contributed by atoms with van der Waals surface area (Å²) in [4.78, 5) is 7.61. The number of anilines is 1. The molecule has 1 fully saturated rings. The molecule has 3 nitrogen and oxygen atoms in total. The van der Waals surface area contributed by atoms with Gasteiger partial charge in [0.2, 0.25) is 5.95 Å². The molecule has 5 heteroatoms. The second kappa shape index (κ2) is 3.48. The lowest BCUT2D eigenvalue weighted by molar-refractivity contribution is -0.00831. The first-order valence-corrected chi connectivity index (χ1v) is 4.57. The minimum absolute atomic E-state index is 0.257. The van der Waals surface area contributed by atoms with Gasteiger partial charge in [-0.25, -0.2) is 18.7 Å². The van der Waals surface area contributed by atoms with Crippen LogP contribution in [0.5, 0.6) is 0 Å². The topological polar surface area (TPSA) is 37.8 Å². The predicted molar refractivity (Wildman–Crippen MR) is 48.2 cm³/mol. The maximum absolute atomic E-state index is 13.2. The molecule has 0 amide bonds. The second-order valence-electron chi connectivity index (χ2n) is 3.46. The molecule has 1 aromatic heterocycles. The highest BCUT2D eigenvalue weighted by Crippen LogP contribution is 2.43. The average Bonchev–Trinajstić information content (AvgIpc) is 3.00. The number of nitrogens with zero attached hydrogens (tertiary/aromatic N) is 2. The Labute approximate surface area is 80.6 Å². The molecule has 1 aliphatic carbocycles. The molecule has 0 radical (unpaired) electrons. The number of halogens is 2. The smallest absolute Gasteiger partial charge is 0.267 e. The van der Waals surface area contributed by atoms with Crippen LogP contribution >= 0.6 is 0 Å². The van der Waals surface area contributed by atoms with Crippen LogP contribution in [-0.4, -0.2) is 22.4 Å². The molecule has 1 saturated carbocycles. The lowest BCUT2D eigenvalue weighted by Gasteiger charge is -2.15. The average molecular weight is 199 g/mol. The molecule has 1 N–H and O–H groups in total. The molecule has 0 saturated heterocycles. The number of rotatable bonds is 4. The van der Waals surface area contributed by atoms with Crippen LogP contribution in [0.3, 0.4) is 0 Å². The Kier molecular flexibility index (Phi) is 2.31. The maximum atomic E-state index is 13.2. The van der Waals surface area contributed by atoms with Crippen molar-refractivity contribution in [2.24, 2.45) is 5.92 Å². The van der Waals surface area contributed by atoms with Gasteiger partial charge >= 0.3 is 0 Å². The predicted octanol–water partition coefficient (Wildman–Crippen LogP) is 1.93. The van der Waals surface area contributed by atoms with Gasteiger partial charge < -0.3 is 5.32 Å². The Bertz CT molecular complexity index is 298. The van der Waals surface area contributed by atoms with E-state index < -0.39 is 11.8 Å². The Hall–Kier alpha value is -1.26. The van der Waals surface area contributed by atoms with Gasteiger partial charge in [-0.05, 0) is 18.9 Å². The van der Waals surface area contributed by atoms with Crippen molar-refractivity contribution in [2.45, 2.75) is 18.8 Å². The molecule has 0 bridgehead atoms. The van der Waals surface area contributed by atoms with Crippen LogP contribution in [0.1, 0.15) is 12.8 Å². The maximum Gasteiger partial charge on any atom is 0.267 e. The van der Waals surface area contributed by atoms with Crippen LogP contribution in [0, 0.1) is 5.92 Å². The highest BCUT2D eigenvalue weighted by atomic mass is 19.3. The summed E-state index contributed by atoms with van der Waals surface area (Å²) in [6.45, 7) is -0.373. The first-order valence-electron chi connectivity index (χ1n) is 4.57. The van der Waals surface area contributed by atoms with E-state index in [4.69, 9.17) is 0 Å². The van der Waals surface area contributed by atoms with E-state index in [-0.39, 0.29) is 12.5 Å². The summed E-state index contributed by atoms with van der Waals surface area (Å²) in [6.07, 6.45) is 4.30. The van der Waals surface area contributed by atoms with E-state index >= 15 is 0 Å². The van der Waals surface area contributed by atoms with Crippen LogP contribution in [0.4, 0.5) is 14.7 Å². The molecule has 0 aromatic carbocycles. The summed E-state index contributed by atoms with van der Waals surface area (Å²) in [5.74, 6) is -2.81. The molecular formula is C9H11F2N3. The van der Waals surface area contributed by atoms with E-state index in [1.807, 2.05) is 0 Å². The van der Waals surface area contributed by atoms with Gasteiger partial charge in [-0.1, -0.05) is 0 Å². The number of nitrogens with one attached hydrogen (secondary N) is 1. The van der Waals surface area contributed by atoms with E-state index in [2.05, 4.69) is 15.3 Å². The molecule has 0 atom stereocenters. The number of hydrogen-bond acceptors (Lipinski definition) is 3. The van der Waals surface area contributed by atoms with Crippen molar-refractivity contribution in [3.63, 3.8) is 0 Å². The molecule has 1 heterocycles. The van der Waals surface area contributed by atoms with E-state index in [1.165, 1.54) is 12.4 Å². The molecule has 0 aliphatic heterocycles. The molecule has 1 aliphatic rings. The van der Waals surface area contributed by atoms with Gasteiger partial charge in [-0.15, -0.1) is 0 Å². The fourth-order valence-corrected chi connectivity index (χ4v) is 1.24. The highest BCUT2D eigenvalue weighted by molar-refractivity contribution is 5.23. The minimum atomic E-state index is -2.63. The van der Waals surface area contributed by atoms with E-state index in [0.717, 1.165) is 0 Å². The Balaban J connectivity index is 1.87. The quantitative estimate of drug-likeness (QED) is 0.805. The lowest BCUT2D eigenvalue weighted by atomic mass is 10.2.